The minimum Gasteiger partial charge on any atom is -0.490 e. The minimum atomic E-state index is 0.436. The van der Waals surface area contributed by atoms with Crippen molar-refractivity contribution in [1.82, 2.24) is 5.32 Å². The monoisotopic (exact) mass is 275 g/mol. The maximum absolute atomic E-state index is 6.10. The molecule has 0 unspecified atom stereocenters. The van der Waals surface area contributed by atoms with Gasteiger partial charge in [-0.1, -0.05) is 39.8 Å². The molecular weight excluding hydrogens is 250 g/mol. The summed E-state index contributed by atoms with van der Waals surface area (Å²) in [5.41, 5.74) is 2.18. The van der Waals surface area contributed by atoms with Crippen molar-refractivity contribution < 1.29 is 9.15 Å². The van der Waals surface area contributed by atoms with E-state index in [0.29, 0.717) is 5.92 Å². The van der Waals surface area contributed by atoms with E-state index in [-0.39, 0.29) is 0 Å². The first kappa shape index (κ1) is 14.9. The van der Waals surface area contributed by atoms with E-state index in [0.717, 1.165) is 43.2 Å². The van der Waals surface area contributed by atoms with Gasteiger partial charge in [-0.15, -0.1) is 0 Å². The maximum atomic E-state index is 6.10. The highest BCUT2D eigenvalue weighted by atomic mass is 16.5. The van der Waals surface area contributed by atoms with Gasteiger partial charge in [0.25, 0.3) is 0 Å². The fourth-order valence-electron chi connectivity index (χ4n) is 2.49. The first-order chi connectivity index (χ1) is 9.69. The normalized spacial score (nSPS) is 11.4. The zero-order valence-electron chi connectivity index (χ0n) is 13.0. The van der Waals surface area contributed by atoms with Crippen LogP contribution in [0.25, 0.3) is 11.0 Å². The summed E-state index contributed by atoms with van der Waals surface area (Å²) in [7, 11) is 0. The zero-order valence-corrected chi connectivity index (χ0v) is 13.0. The van der Waals surface area contributed by atoms with Crippen molar-refractivity contribution in [2.24, 2.45) is 0 Å². The molecule has 0 aliphatic heterocycles. The van der Waals surface area contributed by atoms with Crippen LogP contribution in [0.4, 0.5) is 0 Å². The van der Waals surface area contributed by atoms with Gasteiger partial charge in [0, 0.05) is 10.9 Å². The van der Waals surface area contributed by atoms with Crippen LogP contribution in [0, 0.1) is 0 Å². The van der Waals surface area contributed by atoms with Crippen molar-refractivity contribution in [3.63, 3.8) is 0 Å². The molecule has 0 fully saturated rings. The van der Waals surface area contributed by atoms with Gasteiger partial charge in [0.15, 0.2) is 11.3 Å². The first-order valence-electron chi connectivity index (χ1n) is 7.56. The molecule has 0 saturated heterocycles. The molecule has 2 aromatic rings. The van der Waals surface area contributed by atoms with Gasteiger partial charge in [-0.05, 0) is 24.9 Å². The average Bonchev–Trinajstić information content (AvgIpc) is 2.81. The molecule has 20 heavy (non-hydrogen) atoms. The molecule has 0 aliphatic rings. The molecule has 1 N–H and O–H groups in total. The molecule has 0 amide bonds. The Hall–Kier alpha value is -1.48. The second-order valence-electron chi connectivity index (χ2n) is 5.36. The number of furan rings is 1. The fourth-order valence-corrected chi connectivity index (χ4v) is 2.49. The topological polar surface area (TPSA) is 34.4 Å². The third-order valence-corrected chi connectivity index (χ3v) is 3.37. The molecule has 2 rings (SSSR count). The second kappa shape index (κ2) is 6.80. The van der Waals surface area contributed by atoms with Crippen LogP contribution in [0.1, 0.15) is 51.4 Å². The van der Waals surface area contributed by atoms with Crippen molar-refractivity contribution in [3.8, 4) is 5.75 Å². The third-order valence-electron chi connectivity index (χ3n) is 3.37. The Morgan fingerprint density at radius 1 is 1.25 bits per heavy atom. The number of ether oxygens (including phenoxy) is 1. The maximum Gasteiger partial charge on any atom is 0.176 e. The highest BCUT2D eigenvalue weighted by molar-refractivity contribution is 5.87. The van der Waals surface area contributed by atoms with Crippen LogP contribution >= 0.6 is 0 Å². The first-order valence-corrected chi connectivity index (χ1v) is 7.56. The second-order valence-corrected chi connectivity index (χ2v) is 5.36. The van der Waals surface area contributed by atoms with Crippen LogP contribution < -0.4 is 10.1 Å². The largest absolute Gasteiger partial charge is 0.490 e. The molecule has 0 radical (unpaired) electrons. The minimum absolute atomic E-state index is 0.436. The van der Waals surface area contributed by atoms with E-state index in [2.05, 4.69) is 39.1 Å². The van der Waals surface area contributed by atoms with E-state index in [1.54, 1.807) is 0 Å². The van der Waals surface area contributed by atoms with E-state index in [4.69, 9.17) is 9.15 Å². The quantitative estimate of drug-likeness (QED) is 0.810. The van der Waals surface area contributed by atoms with Gasteiger partial charge in [-0.2, -0.15) is 0 Å². The van der Waals surface area contributed by atoms with Crippen LogP contribution in [0.2, 0.25) is 0 Å². The molecule has 0 saturated carbocycles. The zero-order chi connectivity index (χ0) is 14.5. The Morgan fingerprint density at radius 3 is 2.70 bits per heavy atom. The van der Waals surface area contributed by atoms with Gasteiger partial charge in [-0.25, -0.2) is 0 Å². The van der Waals surface area contributed by atoms with Crippen molar-refractivity contribution >= 4 is 11.0 Å². The van der Waals surface area contributed by atoms with Gasteiger partial charge >= 0.3 is 0 Å². The third kappa shape index (κ3) is 2.98. The summed E-state index contributed by atoms with van der Waals surface area (Å²) < 4.78 is 11.9. The molecule has 3 heteroatoms. The summed E-state index contributed by atoms with van der Waals surface area (Å²) in [4.78, 5) is 0. The molecule has 110 valence electrons. The van der Waals surface area contributed by atoms with E-state index >= 15 is 0 Å². The van der Waals surface area contributed by atoms with E-state index in [9.17, 15) is 0 Å². The molecule has 0 atom stereocenters. The van der Waals surface area contributed by atoms with Crippen LogP contribution in [-0.2, 0) is 6.54 Å². The lowest BCUT2D eigenvalue weighted by molar-refractivity contribution is 0.315. The smallest absolute Gasteiger partial charge is 0.176 e. The lowest BCUT2D eigenvalue weighted by atomic mass is 9.99. The molecule has 1 heterocycles. The molecule has 3 nitrogen and oxygen atoms in total. The Kier molecular flexibility index (Phi) is 5.07. The average molecular weight is 275 g/mol. The van der Waals surface area contributed by atoms with Gasteiger partial charge in [0.2, 0.25) is 0 Å². The predicted molar refractivity (Wildman–Crippen MR) is 83.5 cm³/mol. The summed E-state index contributed by atoms with van der Waals surface area (Å²) in [5.74, 6) is 2.32. The number of para-hydroxylation sites is 1. The standard InChI is InChI=1S/C17H25NO2/c1-5-10-19-14-9-7-8-13-16(12(3)4)15(11-18-6-2)20-17(13)14/h7-9,12,18H,5-6,10-11H2,1-4H3. The Balaban J connectivity index is 2.48. The van der Waals surface area contributed by atoms with Gasteiger partial charge < -0.3 is 14.5 Å². The highest BCUT2D eigenvalue weighted by Crippen LogP contribution is 2.36. The summed E-state index contributed by atoms with van der Waals surface area (Å²) in [5, 5.41) is 4.53. The lowest BCUT2D eigenvalue weighted by Gasteiger charge is -2.07. The van der Waals surface area contributed by atoms with Crippen molar-refractivity contribution in [1.29, 1.82) is 0 Å². The SMILES string of the molecule is CCCOc1cccc2c(C(C)C)c(CNCC)oc12. The predicted octanol–water partition coefficient (Wildman–Crippen LogP) is 4.45. The van der Waals surface area contributed by atoms with Crippen molar-refractivity contribution in [3.05, 3.63) is 29.5 Å². The van der Waals surface area contributed by atoms with E-state index in [1.807, 2.05) is 12.1 Å². The molecular formula is C17H25NO2. The van der Waals surface area contributed by atoms with Crippen molar-refractivity contribution in [2.75, 3.05) is 13.2 Å². The number of nitrogens with one attached hydrogen (secondary N) is 1. The van der Waals surface area contributed by atoms with Gasteiger partial charge in [-0.3, -0.25) is 0 Å². The van der Waals surface area contributed by atoms with Crippen LogP contribution in [0.5, 0.6) is 5.75 Å². The van der Waals surface area contributed by atoms with Gasteiger partial charge in [0.1, 0.15) is 5.76 Å². The van der Waals surface area contributed by atoms with Crippen LogP contribution in [0.15, 0.2) is 22.6 Å². The summed E-state index contributed by atoms with van der Waals surface area (Å²) in [6.07, 6.45) is 0.998. The Morgan fingerprint density at radius 2 is 2.05 bits per heavy atom. The fraction of sp³-hybridized carbons (Fsp3) is 0.529. The number of hydrogen-bond donors (Lipinski definition) is 1. The molecule has 1 aromatic carbocycles. The Labute approximate surface area is 121 Å². The summed E-state index contributed by atoms with van der Waals surface area (Å²) in [6.45, 7) is 11.1. The number of benzene rings is 1. The molecule has 1 aromatic heterocycles. The van der Waals surface area contributed by atoms with E-state index < -0.39 is 0 Å². The number of hydrogen-bond acceptors (Lipinski definition) is 3. The molecule has 0 spiro atoms. The number of fused-ring (bicyclic) bond motifs is 1. The van der Waals surface area contributed by atoms with Crippen LogP contribution in [0.3, 0.4) is 0 Å². The van der Waals surface area contributed by atoms with Gasteiger partial charge in [0.05, 0.1) is 13.2 Å². The Bertz CT molecular complexity index is 557. The summed E-state index contributed by atoms with van der Waals surface area (Å²) >= 11 is 0. The highest BCUT2D eigenvalue weighted by Gasteiger charge is 2.19. The lowest BCUT2D eigenvalue weighted by Crippen LogP contribution is -2.12. The van der Waals surface area contributed by atoms with E-state index in [1.165, 1.54) is 10.9 Å². The van der Waals surface area contributed by atoms with Crippen molar-refractivity contribution in [2.45, 2.75) is 46.6 Å². The molecule has 0 aliphatic carbocycles. The van der Waals surface area contributed by atoms with Crippen LogP contribution in [-0.4, -0.2) is 13.2 Å². The number of rotatable bonds is 7. The molecule has 0 bridgehead atoms. The summed E-state index contributed by atoms with van der Waals surface area (Å²) in [6, 6.07) is 6.16.